The second-order valence-corrected chi connectivity index (χ2v) is 7.32. The summed E-state index contributed by atoms with van der Waals surface area (Å²) in [7, 11) is 1.48. The van der Waals surface area contributed by atoms with Crippen LogP contribution < -0.4 is 10.1 Å². The topological polar surface area (TPSA) is 21.3 Å². The van der Waals surface area contributed by atoms with Crippen molar-refractivity contribution in [3.05, 3.63) is 50.4 Å². The monoisotopic (exact) mass is 371 g/mol. The lowest BCUT2D eigenvalue weighted by molar-refractivity contribution is 0.386. The maximum absolute atomic E-state index is 13.8. The van der Waals surface area contributed by atoms with Gasteiger partial charge in [0, 0.05) is 10.9 Å². The quantitative estimate of drug-likeness (QED) is 0.743. The highest BCUT2D eigenvalue weighted by Gasteiger charge is 2.15. The lowest BCUT2D eigenvalue weighted by Crippen LogP contribution is -2.23. The van der Waals surface area contributed by atoms with Crippen LogP contribution in [0.2, 0.25) is 0 Å². The fraction of sp³-hybridized carbons (Fsp3) is 0.375. The van der Waals surface area contributed by atoms with Crippen molar-refractivity contribution in [2.75, 3.05) is 13.7 Å². The van der Waals surface area contributed by atoms with Crippen molar-refractivity contribution in [3.8, 4) is 5.75 Å². The van der Waals surface area contributed by atoms with E-state index in [0.29, 0.717) is 0 Å². The van der Waals surface area contributed by atoms with Crippen LogP contribution in [-0.4, -0.2) is 13.7 Å². The molecule has 0 saturated heterocycles. The number of methoxy groups -OCH3 is 1. The van der Waals surface area contributed by atoms with Crippen LogP contribution in [0.3, 0.4) is 0 Å². The lowest BCUT2D eigenvalue weighted by Gasteiger charge is -2.17. The molecule has 0 aliphatic heterocycles. The molecule has 0 aliphatic carbocycles. The van der Waals surface area contributed by atoms with Crippen molar-refractivity contribution < 1.29 is 9.13 Å². The van der Waals surface area contributed by atoms with E-state index < -0.39 is 0 Å². The van der Waals surface area contributed by atoms with Crippen molar-refractivity contribution in [2.45, 2.75) is 25.8 Å². The van der Waals surface area contributed by atoms with Crippen LogP contribution >= 0.6 is 27.3 Å². The summed E-state index contributed by atoms with van der Waals surface area (Å²) >= 11 is 5.21. The molecule has 1 unspecified atom stereocenters. The van der Waals surface area contributed by atoms with Crippen LogP contribution in [0, 0.1) is 5.82 Å². The molecule has 1 heterocycles. The van der Waals surface area contributed by atoms with E-state index in [1.165, 1.54) is 12.0 Å². The van der Waals surface area contributed by atoms with Crippen LogP contribution in [-0.2, 0) is 6.42 Å². The van der Waals surface area contributed by atoms with Gasteiger partial charge in [0.05, 0.1) is 10.9 Å². The number of nitrogens with one attached hydrogen (secondary N) is 1. The van der Waals surface area contributed by atoms with Gasteiger partial charge in [0.25, 0.3) is 0 Å². The predicted molar refractivity (Wildman–Crippen MR) is 89.7 cm³/mol. The van der Waals surface area contributed by atoms with Crippen molar-refractivity contribution in [1.82, 2.24) is 5.32 Å². The fourth-order valence-electron chi connectivity index (χ4n) is 2.18. The molecule has 0 amide bonds. The van der Waals surface area contributed by atoms with Gasteiger partial charge in [-0.15, -0.1) is 11.3 Å². The Bertz CT molecular complexity index is 587. The normalized spacial score (nSPS) is 12.4. The molecule has 0 radical (unpaired) electrons. The van der Waals surface area contributed by atoms with Crippen LogP contribution in [0.1, 0.15) is 29.8 Å². The van der Waals surface area contributed by atoms with E-state index >= 15 is 0 Å². The first-order chi connectivity index (χ1) is 10.1. The number of hydrogen-bond acceptors (Lipinski definition) is 3. The molecular weight excluding hydrogens is 353 g/mol. The van der Waals surface area contributed by atoms with E-state index in [2.05, 4.69) is 40.3 Å². The van der Waals surface area contributed by atoms with Crippen molar-refractivity contribution >= 4 is 27.3 Å². The number of benzene rings is 1. The molecule has 1 aromatic carbocycles. The summed E-state index contributed by atoms with van der Waals surface area (Å²) in [5, 5.41) is 3.53. The van der Waals surface area contributed by atoms with Gasteiger partial charge in [0.1, 0.15) is 0 Å². The molecule has 1 atom stereocenters. The van der Waals surface area contributed by atoms with Gasteiger partial charge in [0.2, 0.25) is 0 Å². The van der Waals surface area contributed by atoms with Gasteiger partial charge in [-0.05, 0) is 65.1 Å². The highest BCUT2D eigenvalue weighted by Crippen LogP contribution is 2.30. The summed E-state index contributed by atoms with van der Waals surface area (Å²) in [6.45, 7) is 3.08. The summed E-state index contributed by atoms with van der Waals surface area (Å²) < 4.78 is 19.9. The molecule has 0 spiro atoms. The number of halogens is 2. The Balaban J connectivity index is 2.16. The van der Waals surface area contributed by atoms with Crippen molar-refractivity contribution in [1.29, 1.82) is 0 Å². The van der Waals surface area contributed by atoms with Crippen LogP contribution in [0.15, 0.2) is 34.1 Å². The molecule has 5 heteroatoms. The number of thiophene rings is 1. The van der Waals surface area contributed by atoms with Gasteiger partial charge in [0.15, 0.2) is 11.6 Å². The molecule has 2 rings (SSSR count). The standard InChI is InChI=1S/C16H19BrFNOS/c1-3-8-19-13(15-6-7-16(17)21-15)10-11-4-5-14(20-2)12(18)9-11/h4-7,9,13,19H,3,8,10H2,1-2H3. The Hall–Kier alpha value is -0.910. The average Bonchev–Trinajstić information content (AvgIpc) is 2.90. The number of hydrogen-bond donors (Lipinski definition) is 1. The Morgan fingerprint density at radius 2 is 2.14 bits per heavy atom. The Morgan fingerprint density at radius 1 is 1.33 bits per heavy atom. The lowest BCUT2D eigenvalue weighted by atomic mass is 10.0. The van der Waals surface area contributed by atoms with Crippen LogP contribution in [0.25, 0.3) is 0 Å². The van der Waals surface area contributed by atoms with Crippen LogP contribution in [0.4, 0.5) is 4.39 Å². The largest absolute Gasteiger partial charge is 0.494 e. The average molecular weight is 372 g/mol. The second-order valence-electron chi connectivity index (χ2n) is 4.82. The van der Waals surface area contributed by atoms with Gasteiger partial charge in [-0.25, -0.2) is 4.39 Å². The first-order valence-electron chi connectivity index (χ1n) is 6.95. The summed E-state index contributed by atoms with van der Waals surface area (Å²) in [5.74, 6) is -0.0210. The molecule has 0 fully saturated rings. The minimum atomic E-state index is -0.309. The number of ether oxygens (including phenoxy) is 1. The molecule has 0 saturated carbocycles. The Morgan fingerprint density at radius 3 is 2.71 bits per heavy atom. The summed E-state index contributed by atoms with van der Waals surface area (Å²) in [5.41, 5.74) is 0.964. The molecule has 2 nitrogen and oxygen atoms in total. The first-order valence-corrected chi connectivity index (χ1v) is 8.56. The maximum Gasteiger partial charge on any atom is 0.165 e. The highest BCUT2D eigenvalue weighted by atomic mass is 79.9. The zero-order chi connectivity index (χ0) is 15.2. The Kier molecular flexibility index (Phi) is 6.21. The van der Waals surface area contributed by atoms with E-state index in [1.807, 2.05) is 6.07 Å². The molecule has 114 valence electrons. The third kappa shape index (κ3) is 4.53. The third-order valence-electron chi connectivity index (χ3n) is 3.23. The molecular formula is C16H19BrFNOS. The molecule has 21 heavy (non-hydrogen) atoms. The van der Waals surface area contributed by atoms with E-state index in [1.54, 1.807) is 23.5 Å². The van der Waals surface area contributed by atoms with Crippen molar-refractivity contribution in [3.63, 3.8) is 0 Å². The summed E-state index contributed by atoms with van der Waals surface area (Å²) in [4.78, 5) is 1.26. The smallest absolute Gasteiger partial charge is 0.165 e. The highest BCUT2D eigenvalue weighted by molar-refractivity contribution is 9.11. The van der Waals surface area contributed by atoms with Gasteiger partial charge < -0.3 is 10.1 Å². The molecule has 1 N–H and O–H groups in total. The predicted octanol–water partition coefficient (Wildman–Crippen LogP) is 4.94. The molecule has 0 aliphatic rings. The van der Waals surface area contributed by atoms with Gasteiger partial charge in [-0.3, -0.25) is 0 Å². The third-order valence-corrected chi connectivity index (χ3v) is 4.97. The summed E-state index contributed by atoms with van der Waals surface area (Å²) in [6, 6.07) is 9.53. The maximum atomic E-state index is 13.8. The van der Waals surface area contributed by atoms with E-state index in [0.717, 1.165) is 28.7 Å². The Labute approximate surface area is 137 Å². The van der Waals surface area contributed by atoms with Gasteiger partial charge in [-0.2, -0.15) is 0 Å². The summed E-state index contributed by atoms with van der Waals surface area (Å²) in [6.07, 6.45) is 1.83. The van der Waals surface area contributed by atoms with Gasteiger partial charge >= 0.3 is 0 Å². The second kappa shape index (κ2) is 7.92. The van der Waals surface area contributed by atoms with E-state index in [9.17, 15) is 4.39 Å². The fourth-order valence-corrected chi connectivity index (χ4v) is 3.68. The zero-order valence-electron chi connectivity index (χ0n) is 12.2. The zero-order valence-corrected chi connectivity index (χ0v) is 14.6. The molecule has 1 aromatic heterocycles. The van der Waals surface area contributed by atoms with E-state index in [-0.39, 0.29) is 17.6 Å². The first kappa shape index (κ1) is 16.5. The van der Waals surface area contributed by atoms with Gasteiger partial charge in [-0.1, -0.05) is 13.0 Å². The minimum absolute atomic E-state index is 0.203. The molecule has 0 bridgehead atoms. The van der Waals surface area contributed by atoms with Crippen molar-refractivity contribution in [2.24, 2.45) is 0 Å². The minimum Gasteiger partial charge on any atom is -0.494 e. The SMILES string of the molecule is CCCNC(Cc1ccc(OC)c(F)c1)c1ccc(Br)s1. The van der Waals surface area contributed by atoms with Crippen LogP contribution in [0.5, 0.6) is 5.75 Å². The van der Waals surface area contributed by atoms with E-state index in [4.69, 9.17) is 4.74 Å². The number of rotatable bonds is 7. The molecule has 2 aromatic rings.